The van der Waals surface area contributed by atoms with Crippen molar-refractivity contribution >= 4 is 0 Å². The molecule has 0 bridgehead atoms. The summed E-state index contributed by atoms with van der Waals surface area (Å²) in [7, 11) is 17.4. The van der Waals surface area contributed by atoms with E-state index in [1.165, 1.54) is 0 Å². The smallest absolute Gasteiger partial charge is 0.0781 e. The Kier molecular flexibility index (Phi) is 109. The quantitative estimate of drug-likeness (QED) is 0.0836. The van der Waals surface area contributed by atoms with Gasteiger partial charge in [-0.1, -0.05) is 0 Å². The predicted octanol–water partition coefficient (Wildman–Crippen LogP) is 4.10. The second-order valence-corrected chi connectivity index (χ2v) is 13.0. The first-order valence-electron chi connectivity index (χ1n) is 22.6. The topological polar surface area (TPSA) is 207 Å². The molecule has 0 spiro atoms. The van der Waals surface area contributed by atoms with Crippen molar-refractivity contribution in [1.29, 1.82) is 0 Å². The molecule has 66 heavy (non-hydrogen) atoms. The minimum Gasteiger partial charge on any atom is -0.400 e. The van der Waals surface area contributed by atoms with Gasteiger partial charge < -0.3 is 95.5 Å². The van der Waals surface area contributed by atoms with Crippen LogP contribution < -0.4 is 0 Å². The molecular formula is C46H108O20. The summed E-state index contributed by atoms with van der Waals surface area (Å²) in [6, 6.07) is 0. The molecule has 5 unspecified atom stereocenters. The van der Waals surface area contributed by atoms with Crippen molar-refractivity contribution in [2.75, 3.05) is 224 Å². The summed E-state index contributed by atoms with van der Waals surface area (Å²) >= 11 is 0. The van der Waals surface area contributed by atoms with Crippen LogP contribution in [0.15, 0.2) is 0 Å². The Hall–Kier alpha value is -0.800. The predicted molar refractivity (Wildman–Crippen MR) is 261 cm³/mol. The van der Waals surface area contributed by atoms with Gasteiger partial charge in [0, 0.05) is 98.0 Å². The molecule has 0 heterocycles. The number of aliphatic hydroxyl groups excluding tert-OH is 2. The van der Waals surface area contributed by atoms with Crippen molar-refractivity contribution in [2.24, 2.45) is 0 Å². The molecule has 0 aromatic heterocycles. The first kappa shape index (κ1) is 82.1. The lowest BCUT2D eigenvalue weighted by molar-refractivity contribution is -0.0709. The molecule has 0 fully saturated rings. The molecule has 0 rings (SSSR count). The number of hydrogen-bond acceptors (Lipinski definition) is 20. The minimum atomic E-state index is 0.0851. The molecule has 2 N–H and O–H groups in total. The summed E-state index contributed by atoms with van der Waals surface area (Å²) in [5.41, 5.74) is 0. The highest BCUT2D eigenvalue weighted by Gasteiger charge is 2.09. The van der Waals surface area contributed by atoms with Gasteiger partial charge in [0.1, 0.15) is 0 Å². The Morgan fingerprint density at radius 2 is 0.545 bits per heavy atom. The van der Waals surface area contributed by atoms with Gasteiger partial charge in [-0.3, -0.25) is 0 Å². The normalized spacial score (nSPS) is 12.3. The van der Waals surface area contributed by atoms with Gasteiger partial charge in [-0.15, -0.1) is 0 Å². The lowest BCUT2D eigenvalue weighted by Crippen LogP contribution is -2.26. The molecule has 412 valence electrons. The van der Waals surface area contributed by atoms with E-state index in [9.17, 15) is 0 Å². The number of hydrogen-bond donors (Lipinski definition) is 2. The Morgan fingerprint density at radius 3 is 0.788 bits per heavy atom. The summed E-state index contributed by atoms with van der Waals surface area (Å²) in [5, 5.41) is 14.6. The average Bonchev–Trinajstić information content (AvgIpc) is 3.31. The van der Waals surface area contributed by atoms with Crippen molar-refractivity contribution in [1.82, 2.24) is 0 Å². The third-order valence-corrected chi connectivity index (χ3v) is 6.50. The van der Waals surface area contributed by atoms with Gasteiger partial charge in [0.2, 0.25) is 0 Å². The zero-order valence-electron chi connectivity index (χ0n) is 45.7. The van der Waals surface area contributed by atoms with Gasteiger partial charge in [-0.05, 0) is 55.4 Å². The molecular weight excluding hydrogens is 872 g/mol. The SMILES string of the molecule is CCO.CCOCC(C)OCC(C)OCC.CO.COC.COC.COCC(C)OCC(C)OCC(C)OC.COCCOCCOCCOC.COCCOCCOCCOCCOC. The summed E-state index contributed by atoms with van der Waals surface area (Å²) in [5.74, 6) is 0. The van der Waals surface area contributed by atoms with Gasteiger partial charge in [0.25, 0.3) is 0 Å². The third-order valence-electron chi connectivity index (χ3n) is 6.50. The number of rotatable bonds is 38. The van der Waals surface area contributed by atoms with Gasteiger partial charge in [0.15, 0.2) is 0 Å². The van der Waals surface area contributed by atoms with Gasteiger partial charge in [-0.25, -0.2) is 0 Å². The number of aliphatic hydroxyl groups is 2. The van der Waals surface area contributed by atoms with Crippen LogP contribution in [0.1, 0.15) is 55.4 Å². The minimum absolute atomic E-state index is 0.0851. The van der Waals surface area contributed by atoms with Crippen molar-refractivity contribution in [3.8, 4) is 0 Å². The maximum atomic E-state index is 7.57. The largest absolute Gasteiger partial charge is 0.400 e. The van der Waals surface area contributed by atoms with Gasteiger partial charge in [-0.2, -0.15) is 0 Å². The number of methoxy groups -OCH3 is 8. The maximum absolute atomic E-state index is 7.57. The van der Waals surface area contributed by atoms with Crippen molar-refractivity contribution in [3.63, 3.8) is 0 Å². The molecule has 0 saturated heterocycles. The second-order valence-electron chi connectivity index (χ2n) is 13.0. The van der Waals surface area contributed by atoms with E-state index in [0.29, 0.717) is 126 Å². The lowest BCUT2D eigenvalue weighted by atomic mass is 10.4. The van der Waals surface area contributed by atoms with E-state index >= 15 is 0 Å². The van der Waals surface area contributed by atoms with Gasteiger partial charge in [0.05, 0.1) is 156 Å². The Bertz CT molecular complexity index is 668. The van der Waals surface area contributed by atoms with E-state index < -0.39 is 0 Å². The number of ether oxygens (including phenoxy) is 18. The van der Waals surface area contributed by atoms with Crippen LogP contribution in [0.3, 0.4) is 0 Å². The zero-order valence-corrected chi connectivity index (χ0v) is 45.7. The summed E-state index contributed by atoms with van der Waals surface area (Å²) < 4.78 is 90.9. The van der Waals surface area contributed by atoms with E-state index in [0.717, 1.165) is 20.3 Å². The molecule has 5 atom stereocenters. The second kappa shape index (κ2) is 87.3. The lowest BCUT2D eigenvalue weighted by Gasteiger charge is -2.18. The summed E-state index contributed by atoms with van der Waals surface area (Å²) in [4.78, 5) is 0. The van der Waals surface area contributed by atoms with E-state index in [2.05, 4.69) is 9.47 Å². The van der Waals surface area contributed by atoms with Gasteiger partial charge >= 0.3 is 0 Å². The Labute approximate surface area is 404 Å². The van der Waals surface area contributed by atoms with Crippen LogP contribution in [-0.2, 0) is 85.3 Å². The maximum Gasteiger partial charge on any atom is 0.0781 e. The highest BCUT2D eigenvalue weighted by Crippen LogP contribution is 2.00. The average molecular weight is 981 g/mol. The Morgan fingerprint density at radius 1 is 0.303 bits per heavy atom. The molecule has 0 aliphatic carbocycles. The third kappa shape index (κ3) is 110. The van der Waals surface area contributed by atoms with E-state index in [-0.39, 0.29) is 37.1 Å². The first-order chi connectivity index (χ1) is 31.9. The van der Waals surface area contributed by atoms with E-state index in [1.54, 1.807) is 78.0 Å². The van der Waals surface area contributed by atoms with Crippen LogP contribution in [0, 0.1) is 0 Å². The molecule has 0 radical (unpaired) electrons. The Balaban J connectivity index is -0.000000105. The van der Waals surface area contributed by atoms with E-state index in [4.69, 9.17) is 86.0 Å². The fourth-order valence-electron chi connectivity index (χ4n) is 3.40. The molecule has 0 amide bonds. The fraction of sp³-hybridized carbons (Fsp3) is 1.00. The zero-order chi connectivity index (χ0) is 52.2. The van der Waals surface area contributed by atoms with Crippen LogP contribution in [0.4, 0.5) is 0 Å². The first-order valence-corrected chi connectivity index (χ1v) is 22.6. The standard InChI is InChI=1S/C11H24O4.C10H22O5.C10H22O3.C8H18O4.3C2H6O.CH4O/c1-9(13-5)7-14-11(3)8-15-10(2)6-12-4;1-11-3-5-13-7-9-15-10-8-14-6-4-12-2;1-5-11-7-9(3)13-8-10(4)12-6-2;1-9-3-5-11-7-8-12-6-4-10-2;2*1-3-2;1-2-3;1-2/h9-11H,6-8H2,1-5H3;3-10H2,1-2H3;9-10H,5-8H2,1-4H3;3-8H2,1-2H3;2*1-2H3;3H,2H2,1H3;2H,1H3. The van der Waals surface area contributed by atoms with Crippen molar-refractivity contribution < 1.29 is 95.5 Å². The van der Waals surface area contributed by atoms with Crippen LogP contribution >= 0.6 is 0 Å². The highest BCUT2D eigenvalue weighted by molar-refractivity contribution is 4.54. The molecule has 0 aromatic carbocycles. The van der Waals surface area contributed by atoms with Crippen molar-refractivity contribution in [2.45, 2.75) is 85.9 Å². The van der Waals surface area contributed by atoms with Crippen LogP contribution in [0.2, 0.25) is 0 Å². The summed E-state index contributed by atoms with van der Waals surface area (Å²) in [6.45, 7) is 29.1. The molecule has 0 saturated carbocycles. The van der Waals surface area contributed by atoms with Crippen molar-refractivity contribution in [3.05, 3.63) is 0 Å². The summed E-state index contributed by atoms with van der Waals surface area (Å²) in [6.07, 6.45) is 0.656. The monoisotopic (exact) mass is 981 g/mol. The highest BCUT2D eigenvalue weighted by atomic mass is 16.6. The molecule has 0 aliphatic rings. The van der Waals surface area contributed by atoms with E-state index in [1.807, 2.05) is 48.5 Å². The molecule has 0 aromatic rings. The molecule has 20 heteroatoms. The van der Waals surface area contributed by atoms with Crippen LogP contribution in [-0.4, -0.2) is 264 Å². The fourth-order valence-corrected chi connectivity index (χ4v) is 3.40. The molecule has 0 aliphatic heterocycles. The van der Waals surface area contributed by atoms with Crippen LogP contribution in [0.5, 0.6) is 0 Å². The molecule has 20 nitrogen and oxygen atoms in total. The van der Waals surface area contributed by atoms with Crippen LogP contribution in [0.25, 0.3) is 0 Å².